The second-order valence-electron chi connectivity index (χ2n) is 6.29. The molecule has 0 spiro atoms. The highest BCUT2D eigenvalue weighted by Gasteiger charge is 2.17. The van der Waals surface area contributed by atoms with Crippen LogP contribution in [-0.2, 0) is 14.8 Å². The van der Waals surface area contributed by atoms with E-state index in [-0.39, 0.29) is 23.7 Å². The molecule has 0 saturated carbocycles. The number of aliphatic imine (C=N–C) groups is 1. The molecule has 0 amide bonds. The molecule has 2 rings (SSSR count). The number of benzene rings is 1. The third kappa shape index (κ3) is 7.93. The van der Waals surface area contributed by atoms with Gasteiger partial charge in [0, 0.05) is 51.4 Å². The van der Waals surface area contributed by atoms with E-state index in [0.717, 1.165) is 38.9 Å². The van der Waals surface area contributed by atoms with Crippen LogP contribution in [0, 0.1) is 10.1 Å². The highest BCUT2D eigenvalue weighted by atomic mass is 32.2. The van der Waals surface area contributed by atoms with E-state index < -0.39 is 14.9 Å². The van der Waals surface area contributed by atoms with Crippen LogP contribution < -0.4 is 15.4 Å². The van der Waals surface area contributed by atoms with Crippen molar-refractivity contribution in [1.29, 1.82) is 0 Å². The fourth-order valence-corrected chi connectivity index (χ4v) is 3.75. The lowest BCUT2D eigenvalue weighted by atomic mass is 10.3. The van der Waals surface area contributed by atoms with Crippen molar-refractivity contribution < 1.29 is 18.1 Å². The summed E-state index contributed by atoms with van der Waals surface area (Å²) in [6.07, 6.45) is 0. The van der Waals surface area contributed by atoms with Crippen LogP contribution in [0.1, 0.15) is 6.92 Å². The normalized spacial score (nSPS) is 15.8. The van der Waals surface area contributed by atoms with Crippen LogP contribution in [0.2, 0.25) is 0 Å². The number of sulfonamides is 1. The summed E-state index contributed by atoms with van der Waals surface area (Å²) in [5, 5.41) is 17.1. The van der Waals surface area contributed by atoms with E-state index in [0.29, 0.717) is 19.0 Å². The van der Waals surface area contributed by atoms with E-state index in [2.05, 4.69) is 25.2 Å². The van der Waals surface area contributed by atoms with Gasteiger partial charge in [0.2, 0.25) is 10.0 Å². The SMILES string of the molecule is CCNC(=NCCNS(=O)(=O)c1cccc([N+](=O)[O-])c1)NCCN1CCOCC1. The first-order valence-electron chi connectivity index (χ1n) is 9.49. The predicted octanol–water partition coefficient (Wildman–Crippen LogP) is -0.240. The molecule has 1 aromatic carbocycles. The minimum absolute atomic E-state index is 0.0745. The van der Waals surface area contributed by atoms with E-state index >= 15 is 0 Å². The van der Waals surface area contributed by atoms with Crippen molar-refractivity contribution in [3.05, 3.63) is 34.4 Å². The van der Waals surface area contributed by atoms with E-state index in [9.17, 15) is 18.5 Å². The molecule has 3 N–H and O–H groups in total. The quantitative estimate of drug-likeness (QED) is 0.153. The molecule has 1 aromatic rings. The lowest BCUT2D eigenvalue weighted by Crippen LogP contribution is -2.44. The standard InChI is InChI=1S/C17H28N6O5S/c1-2-18-17(20-8-9-22-10-12-28-13-11-22)19-6-7-21-29(26,27)16-5-3-4-15(14-16)23(24)25/h3-5,14,21H,2,6-13H2,1H3,(H2,18,19,20). The van der Waals surface area contributed by atoms with Crippen molar-refractivity contribution in [2.24, 2.45) is 4.99 Å². The molecule has 11 nitrogen and oxygen atoms in total. The van der Waals surface area contributed by atoms with Gasteiger partial charge in [-0.15, -0.1) is 0 Å². The van der Waals surface area contributed by atoms with Gasteiger partial charge in [-0.3, -0.25) is 20.0 Å². The second kappa shape index (κ2) is 11.7. The van der Waals surface area contributed by atoms with Gasteiger partial charge in [0.25, 0.3) is 5.69 Å². The van der Waals surface area contributed by atoms with Gasteiger partial charge in [-0.2, -0.15) is 0 Å². The van der Waals surface area contributed by atoms with Gasteiger partial charge >= 0.3 is 0 Å². The zero-order chi connectivity index (χ0) is 21.1. The molecule has 0 radical (unpaired) electrons. The highest BCUT2D eigenvalue weighted by Crippen LogP contribution is 2.16. The maximum atomic E-state index is 12.3. The number of rotatable bonds is 10. The zero-order valence-corrected chi connectivity index (χ0v) is 17.3. The van der Waals surface area contributed by atoms with Gasteiger partial charge in [0.05, 0.1) is 29.6 Å². The van der Waals surface area contributed by atoms with Gasteiger partial charge in [-0.1, -0.05) is 6.07 Å². The predicted molar refractivity (Wildman–Crippen MR) is 110 cm³/mol. The number of hydrogen-bond donors (Lipinski definition) is 3. The van der Waals surface area contributed by atoms with Crippen LogP contribution in [0.3, 0.4) is 0 Å². The Balaban J connectivity index is 1.81. The van der Waals surface area contributed by atoms with Crippen LogP contribution in [0.4, 0.5) is 5.69 Å². The van der Waals surface area contributed by atoms with Crippen LogP contribution in [0.25, 0.3) is 0 Å². The third-order valence-corrected chi connectivity index (χ3v) is 5.64. The molecule has 1 fully saturated rings. The van der Waals surface area contributed by atoms with Crippen molar-refractivity contribution in [2.45, 2.75) is 11.8 Å². The summed E-state index contributed by atoms with van der Waals surface area (Å²) in [6, 6.07) is 4.93. The molecule has 1 heterocycles. The van der Waals surface area contributed by atoms with E-state index in [4.69, 9.17) is 4.74 Å². The van der Waals surface area contributed by atoms with E-state index in [1.54, 1.807) is 0 Å². The number of hydrogen-bond acceptors (Lipinski definition) is 7. The molecular formula is C17H28N6O5S. The summed E-state index contributed by atoms with van der Waals surface area (Å²) in [5.41, 5.74) is -0.273. The Kier molecular flexibility index (Phi) is 9.25. The number of morpholine rings is 1. The number of nitrogens with one attached hydrogen (secondary N) is 3. The summed E-state index contributed by atoms with van der Waals surface area (Å²) in [7, 11) is -3.84. The average Bonchev–Trinajstić information content (AvgIpc) is 2.72. The fourth-order valence-electron chi connectivity index (χ4n) is 2.69. The van der Waals surface area contributed by atoms with Crippen LogP contribution in [0.5, 0.6) is 0 Å². The van der Waals surface area contributed by atoms with Crippen molar-refractivity contribution in [3.63, 3.8) is 0 Å². The van der Waals surface area contributed by atoms with Gasteiger partial charge in [-0.25, -0.2) is 13.1 Å². The van der Waals surface area contributed by atoms with Gasteiger partial charge < -0.3 is 15.4 Å². The first-order valence-corrected chi connectivity index (χ1v) is 11.0. The summed E-state index contributed by atoms with van der Waals surface area (Å²) >= 11 is 0. The molecule has 29 heavy (non-hydrogen) atoms. The molecule has 0 bridgehead atoms. The maximum Gasteiger partial charge on any atom is 0.270 e. The van der Waals surface area contributed by atoms with Crippen LogP contribution in [-0.4, -0.2) is 83.2 Å². The van der Waals surface area contributed by atoms with Crippen molar-refractivity contribution in [3.8, 4) is 0 Å². The van der Waals surface area contributed by atoms with E-state index in [1.807, 2.05) is 6.92 Å². The van der Waals surface area contributed by atoms with Gasteiger partial charge in [-0.05, 0) is 13.0 Å². The highest BCUT2D eigenvalue weighted by molar-refractivity contribution is 7.89. The fraction of sp³-hybridized carbons (Fsp3) is 0.588. The Morgan fingerprint density at radius 1 is 1.28 bits per heavy atom. The summed E-state index contributed by atoms with van der Waals surface area (Å²) < 4.78 is 32.3. The Bertz CT molecular complexity index is 795. The number of nitro groups is 1. The average molecular weight is 429 g/mol. The van der Waals surface area contributed by atoms with Crippen molar-refractivity contribution >= 4 is 21.7 Å². The Morgan fingerprint density at radius 3 is 2.72 bits per heavy atom. The van der Waals surface area contributed by atoms with E-state index in [1.165, 1.54) is 18.2 Å². The monoisotopic (exact) mass is 428 g/mol. The number of nitro benzene ring substituents is 1. The molecule has 1 aliphatic heterocycles. The van der Waals surface area contributed by atoms with Crippen LogP contribution in [0.15, 0.2) is 34.2 Å². The number of nitrogens with zero attached hydrogens (tertiary/aromatic N) is 3. The molecule has 0 unspecified atom stereocenters. The van der Waals surface area contributed by atoms with Gasteiger partial charge in [0.15, 0.2) is 5.96 Å². The van der Waals surface area contributed by atoms with Gasteiger partial charge in [0.1, 0.15) is 0 Å². The zero-order valence-electron chi connectivity index (χ0n) is 16.5. The Hall–Kier alpha value is -2.28. The minimum atomic E-state index is -3.84. The number of guanidine groups is 1. The molecule has 1 aliphatic rings. The topological polar surface area (TPSA) is 138 Å². The largest absolute Gasteiger partial charge is 0.379 e. The molecule has 0 aromatic heterocycles. The number of ether oxygens (including phenoxy) is 1. The number of non-ortho nitro benzene ring substituents is 1. The first-order chi connectivity index (χ1) is 13.9. The molecule has 162 valence electrons. The van der Waals surface area contributed by atoms with Crippen LogP contribution >= 0.6 is 0 Å². The molecule has 0 aliphatic carbocycles. The Labute approximate surface area is 170 Å². The molecule has 1 saturated heterocycles. The third-order valence-electron chi connectivity index (χ3n) is 4.18. The molecular weight excluding hydrogens is 400 g/mol. The maximum absolute atomic E-state index is 12.3. The Morgan fingerprint density at radius 2 is 2.03 bits per heavy atom. The van der Waals surface area contributed by atoms with Crippen molar-refractivity contribution in [1.82, 2.24) is 20.3 Å². The summed E-state index contributed by atoms with van der Waals surface area (Å²) in [4.78, 5) is 16.7. The lowest BCUT2D eigenvalue weighted by Gasteiger charge is -2.26. The minimum Gasteiger partial charge on any atom is -0.379 e. The smallest absolute Gasteiger partial charge is 0.270 e. The molecule has 12 heteroatoms. The molecule has 0 atom stereocenters. The summed E-state index contributed by atoms with van der Waals surface area (Å²) in [5.74, 6) is 0.607. The first kappa shape index (κ1) is 23.0. The second-order valence-corrected chi connectivity index (χ2v) is 8.06. The van der Waals surface area contributed by atoms with Crippen molar-refractivity contribution in [2.75, 3.05) is 59.0 Å². The lowest BCUT2D eigenvalue weighted by molar-refractivity contribution is -0.385. The summed E-state index contributed by atoms with van der Waals surface area (Å²) in [6.45, 7) is 7.83.